The van der Waals surface area contributed by atoms with E-state index in [-0.39, 0.29) is 43.4 Å². The molecule has 0 aliphatic carbocycles. The molecule has 0 bridgehead atoms. The number of benzene rings is 2. The molecule has 218 valence electrons. The van der Waals surface area contributed by atoms with Gasteiger partial charge in [-0.1, -0.05) is 45.0 Å². The van der Waals surface area contributed by atoms with Gasteiger partial charge < -0.3 is 25.5 Å². The third-order valence-corrected chi connectivity index (χ3v) is 7.08. The van der Waals surface area contributed by atoms with Gasteiger partial charge in [-0.25, -0.2) is 8.78 Å². The summed E-state index contributed by atoms with van der Waals surface area (Å²) in [7, 11) is 0. The molecule has 3 N–H and O–H groups in total. The van der Waals surface area contributed by atoms with Crippen LogP contribution in [0.25, 0.3) is 0 Å². The number of carbonyl (C=O) groups is 3. The van der Waals surface area contributed by atoms with Gasteiger partial charge in [0.25, 0.3) is 0 Å². The number of aliphatic hydroxyl groups is 1. The molecule has 0 unspecified atom stereocenters. The van der Waals surface area contributed by atoms with Crippen LogP contribution in [0.5, 0.6) is 0 Å². The Balaban J connectivity index is 1.69. The molecule has 40 heavy (non-hydrogen) atoms. The summed E-state index contributed by atoms with van der Waals surface area (Å²) in [5, 5.41) is 16.9. The molecule has 0 spiro atoms. The minimum atomic E-state index is -1.10. The summed E-state index contributed by atoms with van der Waals surface area (Å²) in [6, 6.07) is 9.56. The minimum Gasteiger partial charge on any atom is -0.390 e. The van der Waals surface area contributed by atoms with E-state index in [4.69, 9.17) is 0 Å². The zero-order valence-electron chi connectivity index (χ0n) is 23.5. The molecule has 3 atom stereocenters. The quantitative estimate of drug-likeness (QED) is 0.331. The Labute approximate surface area is 234 Å². The summed E-state index contributed by atoms with van der Waals surface area (Å²) in [5.74, 6) is -2.61. The standard InChI is InChI=1S/C30H40F2N4O4/c1-4-10-36-26(6-3)30(40)35(19-29(36)39)18-28(38)34-25(14-22-12-23(31)15-24(32)13-22)27(37)17-33-16-21-9-7-8-20(5-2)11-21/h7-9,11-13,15,25-27,33,37H,4-6,10,14,16-19H2,1-3H3,(H,34,38)/t25-,26-,27+/m0/s1. The molecule has 8 nitrogen and oxygen atoms in total. The van der Waals surface area contributed by atoms with E-state index in [1.54, 1.807) is 4.90 Å². The van der Waals surface area contributed by atoms with Crippen LogP contribution in [-0.4, -0.2) is 77.0 Å². The van der Waals surface area contributed by atoms with Gasteiger partial charge in [0.05, 0.1) is 12.1 Å². The van der Waals surface area contributed by atoms with Crippen molar-refractivity contribution in [2.24, 2.45) is 0 Å². The van der Waals surface area contributed by atoms with E-state index in [2.05, 4.69) is 23.6 Å². The average Bonchev–Trinajstić information content (AvgIpc) is 2.91. The van der Waals surface area contributed by atoms with Crippen LogP contribution in [0, 0.1) is 11.6 Å². The SMILES string of the molecule is CCCN1C(=O)CN(CC(=O)N[C@@H](Cc2cc(F)cc(F)c2)[C@H](O)CNCc2cccc(CC)c2)C(=O)[C@@H]1CC. The van der Waals surface area contributed by atoms with E-state index >= 15 is 0 Å². The lowest BCUT2D eigenvalue weighted by molar-refractivity contribution is -0.157. The molecule has 0 saturated carbocycles. The normalized spacial score (nSPS) is 17.2. The minimum absolute atomic E-state index is 0.0384. The van der Waals surface area contributed by atoms with Crippen LogP contribution in [0.15, 0.2) is 42.5 Å². The summed E-state index contributed by atoms with van der Waals surface area (Å²) in [5.41, 5.74) is 2.49. The fraction of sp³-hybridized carbons (Fsp3) is 0.500. The van der Waals surface area contributed by atoms with Crippen molar-refractivity contribution in [3.63, 3.8) is 0 Å². The van der Waals surface area contributed by atoms with Crippen LogP contribution in [0.3, 0.4) is 0 Å². The molecule has 1 heterocycles. The Hall–Kier alpha value is -3.37. The molecule has 3 amide bonds. The first-order valence-corrected chi connectivity index (χ1v) is 13.9. The number of aliphatic hydroxyl groups excluding tert-OH is 1. The molecule has 0 radical (unpaired) electrons. The highest BCUT2D eigenvalue weighted by Gasteiger charge is 2.38. The predicted octanol–water partition coefficient (Wildman–Crippen LogP) is 2.56. The summed E-state index contributed by atoms with van der Waals surface area (Å²) in [6.45, 7) is 6.30. The average molecular weight is 559 g/mol. The van der Waals surface area contributed by atoms with Crippen LogP contribution in [0.1, 0.15) is 50.3 Å². The molecular weight excluding hydrogens is 518 g/mol. The highest BCUT2D eigenvalue weighted by molar-refractivity contribution is 5.97. The number of amides is 3. The van der Waals surface area contributed by atoms with Crippen molar-refractivity contribution in [3.05, 3.63) is 70.8 Å². The van der Waals surface area contributed by atoms with Crippen LogP contribution in [-0.2, 0) is 33.8 Å². The Bertz CT molecular complexity index is 1160. The van der Waals surface area contributed by atoms with Gasteiger partial charge >= 0.3 is 0 Å². The second-order valence-corrected chi connectivity index (χ2v) is 10.2. The van der Waals surface area contributed by atoms with Crippen LogP contribution >= 0.6 is 0 Å². The van der Waals surface area contributed by atoms with Crippen molar-refractivity contribution in [2.75, 3.05) is 26.2 Å². The topological polar surface area (TPSA) is 102 Å². The van der Waals surface area contributed by atoms with Crippen molar-refractivity contribution >= 4 is 17.7 Å². The highest BCUT2D eigenvalue weighted by atomic mass is 19.1. The smallest absolute Gasteiger partial charge is 0.246 e. The molecule has 2 aromatic rings. The number of hydrogen-bond acceptors (Lipinski definition) is 5. The van der Waals surface area contributed by atoms with Crippen LogP contribution in [0.4, 0.5) is 8.78 Å². The van der Waals surface area contributed by atoms with Crippen molar-refractivity contribution in [2.45, 2.75) is 71.2 Å². The zero-order valence-corrected chi connectivity index (χ0v) is 23.5. The molecule has 0 aromatic heterocycles. The molecule has 2 aromatic carbocycles. The Morgan fingerprint density at radius 2 is 1.75 bits per heavy atom. The Morgan fingerprint density at radius 1 is 1.05 bits per heavy atom. The Morgan fingerprint density at radius 3 is 2.40 bits per heavy atom. The second-order valence-electron chi connectivity index (χ2n) is 10.2. The van der Waals surface area contributed by atoms with E-state index < -0.39 is 35.7 Å². The van der Waals surface area contributed by atoms with Crippen LogP contribution in [0.2, 0.25) is 0 Å². The summed E-state index contributed by atoms with van der Waals surface area (Å²) in [4.78, 5) is 41.6. The molecule has 10 heteroatoms. The maximum atomic E-state index is 13.9. The number of piperazine rings is 1. The van der Waals surface area contributed by atoms with Gasteiger partial charge in [0.2, 0.25) is 17.7 Å². The lowest BCUT2D eigenvalue weighted by atomic mass is 10.00. The largest absolute Gasteiger partial charge is 0.390 e. The predicted molar refractivity (Wildman–Crippen MR) is 148 cm³/mol. The third kappa shape index (κ3) is 8.56. The highest BCUT2D eigenvalue weighted by Crippen LogP contribution is 2.17. The molecule has 3 rings (SSSR count). The van der Waals surface area contributed by atoms with Crippen molar-refractivity contribution in [3.8, 4) is 0 Å². The van der Waals surface area contributed by atoms with E-state index in [0.29, 0.717) is 25.9 Å². The number of rotatable bonds is 14. The lowest BCUT2D eigenvalue weighted by Crippen LogP contribution is -2.61. The van der Waals surface area contributed by atoms with E-state index in [9.17, 15) is 28.3 Å². The molecule has 1 saturated heterocycles. The maximum Gasteiger partial charge on any atom is 0.246 e. The van der Waals surface area contributed by atoms with Gasteiger partial charge in [-0.2, -0.15) is 0 Å². The third-order valence-electron chi connectivity index (χ3n) is 7.08. The van der Waals surface area contributed by atoms with E-state index in [0.717, 1.165) is 30.2 Å². The molecular formula is C30H40F2N4O4. The summed E-state index contributed by atoms with van der Waals surface area (Å²) < 4.78 is 27.7. The number of nitrogens with one attached hydrogen (secondary N) is 2. The van der Waals surface area contributed by atoms with Crippen LogP contribution < -0.4 is 10.6 Å². The number of hydrogen-bond donors (Lipinski definition) is 3. The number of carbonyl (C=O) groups excluding carboxylic acids is 3. The fourth-order valence-corrected chi connectivity index (χ4v) is 5.06. The van der Waals surface area contributed by atoms with Gasteiger partial charge in [0.1, 0.15) is 30.8 Å². The molecule has 1 aliphatic rings. The van der Waals surface area contributed by atoms with Gasteiger partial charge in [0.15, 0.2) is 0 Å². The van der Waals surface area contributed by atoms with Crippen molar-refractivity contribution < 1.29 is 28.3 Å². The van der Waals surface area contributed by atoms with Gasteiger partial charge in [0, 0.05) is 25.7 Å². The first-order valence-electron chi connectivity index (χ1n) is 13.9. The monoisotopic (exact) mass is 558 g/mol. The summed E-state index contributed by atoms with van der Waals surface area (Å²) >= 11 is 0. The molecule has 1 fully saturated rings. The number of halogens is 2. The second kappa shape index (κ2) is 14.9. The zero-order chi connectivity index (χ0) is 29.2. The first kappa shape index (κ1) is 31.2. The molecule has 1 aliphatic heterocycles. The van der Waals surface area contributed by atoms with Gasteiger partial charge in [-0.05, 0) is 54.5 Å². The number of nitrogens with zero attached hydrogens (tertiary/aromatic N) is 2. The van der Waals surface area contributed by atoms with E-state index in [1.807, 2.05) is 32.0 Å². The van der Waals surface area contributed by atoms with E-state index in [1.165, 1.54) is 10.5 Å². The van der Waals surface area contributed by atoms with Gasteiger partial charge in [-0.3, -0.25) is 14.4 Å². The van der Waals surface area contributed by atoms with Crippen molar-refractivity contribution in [1.82, 2.24) is 20.4 Å². The van der Waals surface area contributed by atoms with Gasteiger partial charge in [-0.15, -0.1) is 0 Å². The first-order chi connectivity index (χ1) is 19.1. The lowest BCUT2D eigenvalue weighted by Gasteiger charge is -2.39. The number of aryl methyl sites for hydroxylation is 1. The summed E-state index contributed by atoms with van der Waals surface area (Å²) in [6.07, 6.45) is 0.904. The Kier molecular flexibility index (Phi) is 11.6. The maximum absolute atomic E-state index is 13.9. The fourth-order valence-electron chi connectivity index (χ4n) is 5.06. The van der Waals surface area contributed by atoms with Crippen molar-refractivity contribution in [1.29, 1.82) is 0 Å².